The molecule has 0 saturated heterocycles. The highest BCUT2D eigenvalue weighted by atomic mass is 19.1. The average Bonchev–Trinajstić information content (AvgIpc) is 3.22. The molecule has 5 heteroatoms. The third kappa shape index (κ3) is 4.43. The zero-order valence-electron chi connectivity index (χ0n) is 12.6. The molecule has 4 nitrogen and oxygen atoms in total. The molecule has 1 unspecified atom stereocenters. The van der Waals surface area contributed by atoms with E-state index in [0.29, 0.717) is 19.0 Å². The summed E-state index contributed by atoms with van der Waals surface area (Å²) < 4.78 is 13.2. The normalized spacial score (nSPS) is 17.3. The van der Waals surface area contributed by atoms with Crippen molar-refractivity contribution in [1.29, 1.82) is 0 Å². The zero-order chi connectivity index (χ0) is 15.5. The summed E-state index contributed by atoms with van der Waals surface area (Å²) in [6.45, 7) is 2.44. The van der Waals surface area contributed by atoms with Crippen molar-refractivity contribution in [2.75, 3.05) is 18.5 Å². The van der Waals surface area contributed by atoms with E-state index in [1.165, 1.54) is 12.1 Å². The van der Waals surface area contributed by atoms with Gasteiger partial charge in [0, 0.05) is 25.3 Å². The van der Waals surface area contributed by atoms with Gasteiger partial charge < -0.3 is 10.0 Å². The van der Waals surface area contributed by atoms with Crippen molar-refractivity contribution < 1.29 is 14.3 Å². The zero-order valence-corrected chi connectivity index (χ0v) is 12.6. The van der Waals surface area contributed by atoms with Gasteiger partial charge in [0.05, 0.1) is 0 Å². The molecular weight excluding hydrogens is 271 g/mol. The SMILES string of the molecule is CN(CCCC(C)(NC1CC1)C(=O)O)c1cccc(F)c1. The van der Waals surface area contributed by atoms with E-state index in [-0.39, 0.29) is 5.82 Å². The van der Waals surface area contributed by atoms with E-state index in [9.17, 15) is 14.3 Å². The molecule has 2 N–H and O–H groups in total. The number of anilines is 1. The Morgan fingerprint density at radius 1 is 1.52 bits per heavy atom. The van der Waals surface area contributed by atoms with Gasteiger partial charge in [0.1, 0.15) is 11.4 Å². The highest BCUT2D eigenvalue weighted by Crippen LogP contribution is 2.25. The van der Waals surface area contributed by atoms with Crippen molar-refractivity contribution in [1.82, 2.24) is 5.32 Å². The first-order valence-electron chi connectivity index (χ1n) is 7.38. The molecular formula is C16H23FN2O2. The molecule has 116 valence electrons. The lowest BCUT2D eigenvalue weighted by atomic mass is 9.95. The van der Waals surface area contributed by atoms with Crippen LogP contribution in [0.3, 0.4) is 0 Å². The topological polar surface area (TPSA) is 52.6 Å². The molecule has 21 heavy (non-hydrogen) atoms. The van der Waals surface area contributed by atoms with Gasteiger partial charge in [-0.3, -0.25) is 10.1 Å². The maximum Gasteiger partial charge on any atom is 0.323 e. The van der Waals surface area contributed by atoms with Crippen LogP contribution in [0.25, 0.3) is 0 Å². The van der Waals surface area contributed by atoms with Gasteiger partial charge in [-0.05, 0) is 50.8 Å². The Bertz CT molecular complexity index is 505. The van der Waals surface area contributed by atoms with Crippen molar-refractivity contribution in [3.63, 3.8) is 0 Å². The van der Waals surface area contributed by atoms with E-state index in [2.05, 4.69) is 5.32 Å². The summed E-state index contributed by atoms with van der Waals surface area (Å²) in [7, 11) is 1.89. The number of carboxylic acid groups (broad SMARTS) is 1. The molecule has 0 amide bonds. The predicted molar refractivity (Wildman–Crippen MR) is 81.1 cm³/mol. The van der Waals surface area contributed by atoms with Crippen LogP contribution in [0.5, 0.6) is 0 Å². The number of aliphatic carboxylic acids is 1. The van der Waals surface area contributed by atoms with Crippen LogP contribution in [0.4, 0.5) is 10.1 Å². The molecule has 1 aliphatic rings. The summed E-state index contributed by atoms with van der Waals surface area (Å²) in [4.78, 5) is 13.4. The summed E-state index contributed by atoms with van der Waals surface area (Å²) in [5.74, 6) is -1.06. The van der Waals surface area contributed by atoms with Crippen molar-refractivity contribution in [3.05, 3.63) is 30.1 Å². The second-order valence-electron chi connectivity index (χ2n) is 6.06. The second-order valence-corrected chi connectivity index (χ2v) is 6.06. The summed E-state index contributed by atoms with van der Waals surface area (Å²) >= 11 is 0. The standard InChI is InChI=1S/C16H23FN2O2/c1-16(15(20)21,18-13-7-8-13)9-4-10-19(2)14-6-3-5-12(17)11-14/h3,5-6,11,13,18H,4,7-10H2,1-2H3,(H,20,21). The number of nitrogens with zero attached hydrogens (tertiary/aromatic N) is 1. The summed E-state index contributed by atoms with van der Waals surface area (Å²) in [5.41, 5.74) is -0.0635. The fraction of sp³-hybridized carbons (Fsp3) is 0.562. The third-order valence-electron chi connectivity index (χ3n) is 3.99. The highest BCUT2D eigenvalue weighted by molar-refractivity contribution is 5.78. The molecule has 1 fully saturated rings. The molecule has 1 aliphatic carbocycles. The van der Waals surface area contributed by atoms with E-state index in [1.807, 2.05) is 18.0 Å². The summed E-state index contributed by atoms with van der Waals surface area (Å²) in [6, 6.07) is 6.78. The molecule has 1 aromatic rings. The van der Waals surface area contributed by atoms with Crippen LogP contribution in [0.1, 0.15) is 32.6 Å². The number of hydrogen-bond acceptors (Lipinski definition) is 3. The maximum absolute atomic E-state index is 13.2. The lowest BCUT2D eigenvalue weighted by molar-refractivity contribution is -0.144. The molecule has 1 aromatic carbocycles. The second kappa shape index (κ2) is 6.43. The quantitative estimate of drug-likeness (QED) is 0.774. The molecule has 0 aliphatic heterocycles. The average molecular weight is 294 g/mol. The number of nitrogens with one attached hydrogen (secondary N) is 1. The molecule has 0 radical (unpaired) electrons. The molecule has 1 saturated carbocycles. The van der Waals surface area contributed by atoms with Crippen LogP contribution in [-0.2, 0) is 4.79 Å². The Balaban J connectivity index is 1.85. The van der Waals surface area contributed by atoms with Gasteiger partial charge in [0.15, 0.2) is 0 Å². The van der Waals surface area contributed by atoms with Gasteiger partial charge in [-0.25, -0.2) is 4.39 Å². The lowest BCUT2D eigenvalue weighted by Gasteiger charge is -2.28. The highest BCUT2D eigenvalue weighted by Gasteiger charge is 2.37. The van der Waals surface area contributed by atoms with E-state index in [4.69, 9.17) is 0 Å². The summed E-state index contributed by atoms with van der Waals surface area (Å²) in [5, 5.41) is 12.6. The van der Waals surface area contributed by atoms with Crippen LogP contribution in [-0.4, -0.2) is 36.2 Å². The van der Waals surface area contributed by atoms with Crippen LogP contribution in [0.15, 0.2) is 24.3 Å². The Labute approximate surface area is 125 Å². The number of halogens is 1. The lowest BCUT2D eigenvalue weighted by Crippen LogP contribution is -2.50. The van der Waals surface area contributed by atoms with Crippen LogP contribution < -0.4 is 10.2 Å². The fourth-order valence-electron chi connectivity index (χ4n) is 2.43. The number of carbonyl (C=O) groups is 1. The largest absolute Gasteiger partial charge is 0.480 e. The third-order valence-corrected chi connectivity index (χ3v) is 3.99. The van der Waals surface area contributed by atoms with E-state index in [1.54, 1.807) is 13.0 Å². The molecule has 2 rings (SSSR count). The van der Waals surface area contributed by atoms with Crippen molar-refractivity contribution in [2.45, 2.75) is 44.2 Å². The van der Waals surface area contributed by atoms with Gasteiger partial charge in [-0.1, -0.05) is 6.07 Å². The van der Waals surface area contributed by atoms with E-state index < -0.39 is 11.5 Å². The fourth-order valence-corrected chi connectivity index (χ4v) is 2.43. The van der Waals surface area contributed by atoms with E-state index in [0.717, 1.165) is 24.9 Å². The first-order chi connectivity index (χ1) is 9.90. The smallest absolute Gasteiger partial charge is 0.323 e. The Morgan fingerprint density at radius 2 is 2.24 bits per heavy atom. The number of carboxylic acids is 1. The van der Waals surface area contributed by atoms with Gasteiger partial charge in [0.25, 0.3) is 0 Å². The minimum atomic E-state index is -0.871. The van der Waals surface area contributed by atoms with Gasteiger partial charge in [-0.15, -0.1) is 0 Å². The Kier molecular flexibility index (Phi) is 4.83. The van der Waals surface area contributed by atoms with Crippen molar-refractivity contribution >= 4 is 11.7 Å². The van der Waals surface area contributed by atoms with Gasteiger partial charge >= 0.3 is 5.97 Å². The first-order valence-corrected chi connectivity index (χ1v) is 7.38. The Hall–Kier alpha value is -1.62. The minimum Gasteiger partial charge on any atom is -0.480 e. The first kappa shape index (κ1) is 15.8. The Morgan fingerprint density at radius 3 is 2.81 bits per heavy atom. The molecule has 0 spiro atoms. The monoisotopic (exact) mass is 294 g/mol. The molecule has 0 bridgehead atoms. The minimum absolute atomic E-state index is 0.259. The molecule has 1 atom stereocenters. The van der Waals surface area contributed by atoms with Gasteiger partial charge in [0.2, 0.25) is 0 Å². The molecule has 0 heterocycles. The van der Waals surface area contributed by atoms with Crippen molar-refractivity contribution in [3.8, 4) is 0 Å². The maximum atomic E-state index is 13.2. The number of benzene rings is 1. The van der Waals surface area contributed by atoms with Crippen LogP contribution >= 0.6 is 0 Å². The van der Waals surface area contributed by atoms with Gasteiger partial charge in [-0.2, -0.15) is 0 Å². The summed E-state index contributed by atoms with van der Waals surface area (Å²) in [6.07, 6.45) is 3.41. The van der Waals surface area contributed by atoms with Crippen LogP contribution in [0, 0.1) is 5.82 Å². The van der Waals surface area contributed by atoms with Crippen molar-refractivity contribution in [2.24, 2.45) is 0 Å². The predicted octanol–water partition coefficient (Wildman–Crippen LogP) is 2.64. The number of rotatable bonds is 8. The molecule has 0 aromatic heterocycles. The number of hydrogen-bond donors (Lipinski definition) is 2. The van der Waals surface area contributed by atoms with E-state index >= 15 is 0 Å². The van der Waals surface area contributed by atoms with Crippen LogP contribution in [0.2, 0.25) is 0 Å².